The van der Waals surface area contributed by atoms with Crippen molar-refractivity contribution in [2.45, 2.75) is 13.0 Å². The summed E-state index contributed by atoms with van der Waals surface area (Å²) in [5.74, 6) is -1.77. The van der Waals surface area contributed by atoms with E-state index in [1.807, 2.05) is 0 Å². The van der Waals surface area contributed by atoms with E-state index in [-0.39, 0.29) is 5.75 Å². The molecule has 25 heavy (non-hydrogen) atoms. The lowest BCUT2D eigenvalue weighted by atomic mass is 10.2. The summed E-state index contributed by atoms with van der Waals surface area (Å²) in [5, 5.41) is 0.551. The van der Waals surface area contributed by atoms with Crippen LogP contribution < -0.4 is 15.6 Å². The molecule has 0 unspecified atom stereocenters. The number of carbonyl (C=O) groups excluding carboxylic acids is 2. The monoisotopic (exact) mass is 362 g/mol. The van der Waals surface area contributed by atoms with Crippen molar-refractivity contribution in [3.8, 4) is 5.75 Å². The molecule has 0 aliphatic rings. The van der Waals surface area contributed by atoms with E-state index in [2.05, 4.69) is 10.9 Å². The maximum atomic E-state index is 13.5. The van der Waals surface area contributed by atoms with Crippen molar-refractivity contribution in [2.75, 3.05) is 0 Å². The molecule has 0 radical (unpaired) electrons. The third kappa shape index (κ3) is 5.93. The zero-order valence-electron chi connectivity index (χ0n) is 13.3. The Hall–Kier alpha value is -2.86. The van der Waals surface area contributed by atoms with E-state index < -0.39 is 23.7 Å². The molecule has 5 nitrogen and oxygen atoms in total. The number of para-hydroxylation sites is 1. The lowest BCUT2D eigenvalue weighted by Gasteiger charge is -2.15. The van der Waals surface area contributed by atoms with Gasteiger partial charge in [-0.3, -0.25) is 20.4 Å². The molecule has 2 amide bonds. The average Bonchev–Trinajstić information content (AvgIpc) is 2.59. The first-order chi connectivity index (χ1) is 12.0. The highest BCUT2D eigenvalue weighted by atomic mass is 35.5. The molecule has 130 valence electrons. The van der Waals surface area contributed by atoms with Crippen molar-refractivity contribution in [1.29, 1.82) is 0 Å². The fraction of sp³-hybridized carbons (Fsp3) is 0.111. The second kappa shape index (κ2) is 8.84. The van der Waals surface area contributed by atoms with Gasteiger partial charge in [0.2, 0.25) is 0 Å². The van der Waals surface area contributed by atoms with Crippen molar-refractivity contribution in [3.63, 3.8) is 0 Å². The molecule has 0 saturated carbocycles. The predicted octanol–water partition coefficient (Wildman–Crippen LogP) is 3.11. The predicted molar refractivity (Wildman–Crippen MR) is 93.3 cm³/mol. The highest BCUT2D eigenvalue weighted by molar-refractivity contribution is 6.30. The molecule has 2 aromatic carbocycles. The van der Waals surface area contributed by atoms with Gasteiger partial charge in [-0.1, -0.05) is 35.9 Å². The molecule has 0 aromatic heterocycles. The number of halogens is 2. The van der Waals surface area contributed by atoms with E-state index in [4.69, 9.17) is 16.3 Å². The van der Waals surface area contributed by atoms with Crippen LogP contribution in [0.25, 0.3) is 6.08 Å². The van der Waals surface area contributed by atoms with Gasteiger partial charge in [0, 0.05) is 11.1 Å². The number of carbonyl (C=O) groups is 2. The van der Waals surface area contributed by atoms with Crippen molar-refractivity contribution in [2.24, 2.45) is 0 Å². The van der Waals surface area contributed by atoms with E-state index in [9.17, 15) is 14.0 Å². The van der Waals surface area contributed by atoms with E-state index in [1.165, 1.54) is 31.2 Å². The number of hydrogen-bond donors (Lipinski definition) is 2. The van der Waals surface area contributed by atoms with Crippen LogP contribution in [0.2, 0.25) is 5.02 Å². The van der Waals surface area contributed by atoms with Gasteiger partial charge in [0.25, 0.3) is 11.8 Å². The van der Waals surface area contributed by atoms with Crippen LogP contribution >= 0.6 is 11.6 Å². The number of hydrogen-bond acceptors (Lipinski definition) is 3. The molecule has 2 aromatic rings. The van der Waals surface area contributed by atoms with Crippen molar-refractivity contribution in [1.82, 2.24) is 10.9 Å². The molecule has 2 rings (SSSR count). The zero-order valence-corrected chi connectivity index (χ0v) is 14.1. The molecular formula is C18H16ClFN2O3. The Morgan fingerprint density at radius 2 is 1.92 bits per heavy atom. The fourth-order valence-electron chi connectivity index (χ4n) is 1.83. The molecule has 2 N–H and O–H groups in total. The lowest BCUT2D eigenvalue weighted by molar-refractivity contribution is -0.131. The summed E-state index contributed by atoms with van der Waals surface area (Å²) < 4.78 is 18.7. The Morgan fingerprint density at radius 1 is 1.16 bits per heavy atom. The standard InChI is InChI=1S/C18H16ClFN2O3/c1-12(25-16-8-3-2-7-15(16)20)18(24)22-21-17(23)10-9-13-5-4-6-14(19)11-13/h2-12H,1H3,(H,21,23)(H,22,24)/b10-9+/t12-/m1/s1. The van der Waals surface area contributed by atoms with Gasteiger partial charge in [0.1, 0.15) is 0 Å². The van der Waals surface area contributed by atoms with Crippen LogP contribution in [-0.2, 0) is 9.59 Å². The van der Waals surface area contributed by atoms with Crippen LogP contribution in [0.15, 0.2) is 54.6 Å². The Kier molecular flexibility index (Phi) is 6.54. The molecule has 0 spiro atoms. The minimum atomic E-state index is -0.992. The Morgan fingerprint density at radius 3 is 2.64 bits per heavy atom. The van der Waals surface area contributed by atoms with Crippen LogP contribution in [-0.4, -0.2) is 17.9 Å². The summed E-state index contributed by atoms with van der Waals surface area (Å²) in [4.78, 5) is 23.6. The SMILES string of the molecule is C[C@@H](Oc1ccccc1F)C(=O)NNC(=O)/C=C/c1cccc(Cl)c1. The molecule has 0 heterocycles. The van der Waals surface area contributed by atoms with Crippen molar-refractivity contribution >= 4 is 29.5 Å². The van der Waals surface area contributed by atoms with Crippen LogP contribution in [0.1, 0.15) is 12.5 Å². The second-order valence-electron chi connectivity index (χ2n) is 5.06. The zero-order chi connectivity index (χ0) is 18.2. The minimum Gasteiger partial charge on any atom is -0.478 e. The summed E-state index contributed by atoms with van der Waals surface area (Å²) >= 11 is 5.84. The molecule has 0 fully saturated rings. The molecular weight excluding hydrogens is 347 g/mol. The minimum absolute atomic E-state index is 0.0441. The van der Waals surface area contributed by atoms with Gasteiger partial charge in [-0.25, -0.2) is 4.39 Å². The molecule has 0 aliphatic carbocycles. The summed E-state index contributed by atoms with van der Waals surface area (Å²) in [6.07, 6.45) is 1.80. The van der Waals surface area contributed by atoms with Gasteiger partial charge in [-0.15, -0.1) is 0 Å². The number of amides is 2. The van der Waals surface area contributed by atoms with Crippen molar-refractivity contribution in [3.05, 3.63) is 71.0 Å². The molecule has 0 saturated heterocycles. The summed E-state index contributed by atoms with van der Waals surface area (Å²) in [5.41, 5.74) is 5.16. The van der Waals surface area contributed by atoms with Gasteiger partial charge in [0.05, 0.1) is 0 Å². The summed E-state index contributed by atoms with van der Waals surface area (Å²) in [7, 11) is 0. The summed E-state index contributed by atoms with van der Waals surface area (Å²) in [6.45, 7) is 1.44. The van der Waals surface area contributed by atoms with E-state index in [1.54, 1.807) is 36.4 Å². The van der Waals surface area contributed by atoms with Crippen LogP contribution in [0.3, 0.4) is 0 Å². The maximum absolute atomic E-state index is 13.5. The smallest absolute Gasteiger partial charge is 0.279 e. The maximum Gasteiger partial charge on any atom is 0.279 e. The third-order valence-corrected chi connectivity index (χ3v) is 3.33. The lowest BCUT2D eigenvalue weighted by Crippen LogP contribution is -2.46. The van der Waals surface area contributed by atoms with Gasteiger partial charge in [-0.2, -0.15) is 0 Å². The normalized spacial score (nSPS) is 11.8. The molecule has 1 atom stereocenters. The van der Waals surface area contributed by atoms with Crippen LogP contribution in [0.5, 0.6) is 5.75 Å². The van der Waals surface area contributed by atoms with Gasteiger partial charge >= 0.3 is 0 Å². The van der Waals surface area contributed by atoms with E-state index in [0.29, 0.717) is 5.02 Å². The quantitative estimate of drug-likeness (QED) is 0.634. The first kappa shape index (κ1) is 18.5. The van der Waals surface area contributed by atoms with Crippen LogP contribution in [0, 0.1) is 5.82 Å². The number of rotatable bonds is 5. The Labute approximate surface area is 149 Å². The first-order valence-corrected chi connectivity index (χ1v) is 7.78. The fourth-order valence-corrected chi connectivity index (χ4v) is 2.03. The van der Waals surface area contributed by atoms with Gasteiger partial charge in [0.15, 0.2) is 17.7 Å². The summed E-state index contributed by atoms with van der Waals surface area (Å²) in [6, 6.07) is 12.7. The average molecular weight is 363 g/mol. The number of ether oxygens (including phenoxy) is 1. The molecule has 0 bridgehead atoms. The van der Waals surface area contributed by atoms with Gasteiger partial charge in [-0.05, 0) is 42.8 Å². The number of hydrazine groups is 1. The van der Waals surface area contributed by atoms with E-state index >= 15 is 0 Å². The van der Waals surface area contributed by atoms with Gasteiger partial charge < -0.3 is 4.74 Å². The molecule has 7 heteroatoms. The highest BCUT2D eigenvalue weighted by Gasteiger charge is 2.16. The first-order valence-electron chi connectivity index (χ1n) is 7.40. The highest BCUT2D eigenvalue weighted by Crippen LogP contribution is 2.16. The molecule has 0 aliphatic heterocycles. The Balaban J connectivity index is 1.82. The number of nitrogens with one attached hydrogen (secondary N) is 2. The largest absolute Gasteiger partial charge is 0.478 e. The Bertz CT molecular complexity index is 795. The van der Waals surface area contributed by atoms with Crippen molar-refractivity contribution < 1.29 is 18.7 Å². The van der Waals surface area contributed by atoms with E-state index in [0.717, 1.165) is 5.56 Å². The van der Waals surface area contributed by atoms with Crippen LogP contribution in [0.4, 0.5) is 4.39 Å². The second-order valence-corrected chi connectivity index (χ2v) is 5.49. The number of benzene rings is 2. The topological polar surface area (TPSA) is 67.4 Å². The third-order valence-electron chi connectivity index (χ3n) is 3.09.